The van der Waals surface area contributed by atoms with Crippen molar-refractivity contribution in [3.05, 3.63) is 38.8 Å². The van der Waals surface area contributed by atoms with Crippen LogP contribution in [0, 0.1) is 0 Å². The van der Waals surface area contributed by atoms with Crippen LogP contribution in [0.4, 0.5) is 0 Å². The second-order valence-corrected chi connectivity index (χ2v) is 4.39. The monoisotopic (exact) mass is 248 g/mol. The van der Waals surface area contributed by atoms with Gasteiger partial charge in [-0.3, -0.25) is 14.0 Å². The summed E-state index contributed by atoms with van der Waals surface area (Å²) in [6, 6.07) is 5.16. The van der Waals surface area contributed by atoms with Gasteiger partial charge in [-0.25, -0.2) is 0 Å². The van der Waals surface area contributed by atoms with E-state index in [1.54, 1.807) is 18.2 Å². The number of H-pyrrole nitrogens is 2. The van der Waals surface area contributed by atoms with Crippen molar-refractivity contribution in [1.29, 1.82) is 0 Å². The van der Waals surface area contributed by atoms with Gasteiger partial charge in [-0.2, -0.15) is 0 Å². The van der Waals surface area contributed by atoms with E-state index >= 15 is 0 Å². The summed E-state index contributed by atoms with van der Waals surface area (Å²) in [5, 5.41) is 0.636. The molecule has 0 saturated carbocycles. The van der Waals surface area contributed by atoms with E-state index in [1.807, 2.05) is 0 Å². The Kier molecular flexibility index (Phi) is 2.05. The first-order valence-electron chi connectivity index (χ1n) is 4.92. The molecule has 0 amide bonds. The minimum Gasteiger partial charge on any atom is -0.495 e. The zero-order valence-electron chi connectivity index (χ0n) is 8.87. The third-order valence-corrected chi connectivity index (χ3v) is 3.45. The number of hydrogen-bond donors (Lipinski definition) is 2. The van der Waals surface area contributed by atoms with Crippen molar-refractivity contribution in [3.8, 4) is 5.75 Å². The van der Waals surface area contributed by atoms with Crippen molar-refractivity contribution in [2.45, 2.75) is 0 Å². The number of nitrogens with one attached hydrogen (secondary N) is 2. The second-order valence-electron chi connectivity index (χ2n) is 3.57. The number of benzene rings is 1. The third-order valence-electron chi connectivity index (χ3n) is 2.66. The average molecular weight is 248 g/mol. The number of rotatable bonds is 1. The fourth-order valence-electron chi connectivity index (χ4n) is 1.86. The molecule has 0 atom stereocenters. The molecule has 5 nitrogen and oxygen atoms in total. The number of fused-ring (bicyclic) bond motifs is 2. The molecule has 0 unspecified atom stereocenters. The molecule has 1 aromatic carbocycles. The van der Waals surface area contributed by atoms with Crippen LogP contribution in [0.5, 0.6) is 5.75 Å². The second kappa shape index (κ2) is 3.46. The van der Waals surface area contributed by atoms with Crippen molar-refractivity contribution in [2.75, 3.05) is 7.11 Å². The highest BCUT2D eigenvalue weighted by molar-refractivity contribution is 7.12. The fourth-order valence-corrected chi connectivity index (χ4v) is 2.60. The van der Waals surface area contributed by atoms with Gasteiger partial charge in [-0.05, 0) is 23.7 Å². The van der Waals surface area contributed by atoms with Crippen LogP contribution in [0.15, 0.2) is 27.8 Å². The highest BCUT2D eigenvalue weighted by Crippen LogP contribution is 2.23. The molecule has 0 bridgehead atoms. The maximum absolute atomic E-state index is 12.1. The summed E-state index contributed by atoms with van der Waals surface area (Å²) in [6.07, 6.45) is 0. The van der Waals surface area contributed by atoms with E-state index in [0.29, 0.717) is 21.5 Å². The van der Waals surface area contributed by atoms with Gasteiger partial charge in [0.05, 0.1) is 18.0 Å². The summed E-state index contributed by atoms with van der Waals surface area (Å²) in [6.45, 7) is 0. The Morgan fingerprint density at radius 1 is 1.29 bits per heavy atom. The summed E-state index contributed by atoms with van der Waals surface area (Å²) in [5.41, 5.74) is -0.00568. The molecule has 0 aliphatic rings. The molecular weight excluding hydrogens is 240 g/mol. The van der Waals surface area contributed by atoms with E-state index in [-0.39, 0.29) is 16.4 Å². The lowest BCUT2D eigenvalue weighted by atomic mass is 10.2. The molecule has 86 valence electrons. The molecule has 0 saturated heterocycles. The van der Waals surface area contributed by atoms with Gasteiger partial charge in [0.2, 0.25) is 5.43 Å². The average Bonchev–Trinajstić information content (AvgIpc) is 2.71. The van der Waals surface area contributed by atoms with E-state index in [9.17, 15) is 9.59 Å². The highest BCUT2D eigenvalue weighted by atomic mass is 32.1. The van der Waals surface area contributed by atoms with E-state index < -0.39 is 0 Å². The number of methoxy groups -OCH3 is 1. The standard InChI is InChI=1S/C11H8N2O3S/c1-16-6-4-2-3-5-8(6)12-11-7(9(5)14)10(15)13-17-11/h2-4H,1H3,(H,12,14)(H,13,15). The van der Waals surface area contributed by atoms with E-state index in [4.69, 9.17) is 4.74 Å². The lowest BCUT2D eigenvalue weighted by Crippen LogP contribution is -2.11. The molecule has 2 heterocycles. The van der Waals surface area contributed by atoms with Crippen molar-refractivity contribution in [2.24, 2.45) is 0 Å². The van der Waals surface area contributed by atoms with Crippen LogP contribution in [-0.2, 0) is 0 Å². The molecule has 2 aromatic heterocycles. The van der Waals surface area contributed by atoms with Crippen LogP contribution in [-0.4, -0.2) is 16.5 Å². The maximum atomic E-state index is 12.1. The van der Waals surface area contributed by atoms with Crippen LogP contribution >= 0.6 is 11.5 Å². The first-order valence-corrected chi connectivity index (χ1v) is 5.74. The maximum Gasteiger partial charge on any atom is 0.271 e. The summed E-state index contributed by atoms with van der Waals surface area (Å²) >= 11 is 1.11. The Morgan fingerprint density at radius 3 is 2.88 bits per heavy atom. The summed E-state index contributed by atoms with van der Waals surface area (Å²) in [5.74, 6) is 0.586. The van der Waals surface area contributed by atoms with Crippen LogP contribution in [0.1, 0.15) is 0 Å². The first-order chi connectivity index (χ1) is 8.22. The summed E-state index contributed by atoms with van der Waals surface area (Å²) in [7, 11) is 1.54. The Labute approximate surface area is 98.8 Å². The van der Waals surface area contributed by atoms with E-state index in [2.05, 4.69) is 9.36 Å². The highest BCUT2D eigenvalue weighted by Gasteiger charge is 2.12. The lowest BCUT2D eigenvalue weighted by Gasteiger charge is -2.04. The number of para-hydroxylation sites is 1. The third kappa shape index (κ3) is 1.31. The molecule has 0 radical (unpaired) electrons. The number of pyridine rings is 1. The number of hydrogen-bond acceptors (Lipinski definition) is 4. The number of aromatic amines is 2. The van der Waals surface area contributed by atoms with Gasteiger partial charge in [0.25, 0.3) is 5.56 Å². The minimum absolute atomic E-state index is 0.177. The fraction of sp³-hybridized carbons (Fsp3) is 0.0909. The van der Waals surface area contributed by atoms with Gasteiger partial charge in [-0.1, -0.05) is 6.07 Å². The van der Waals surface area contributed by atoms with Gasteiger partial charge < -0.3 is 9.72 Å². The molecular formula is C11H8N2O3S. The first kappa shape index (κ1) is 10.1. The Balaban J connectivity index is 2.65. The van der Waals surface area contributed by atoms with Crippen LogP contribution in [0.2, 0.25) is 0 Å². The molecule has 3 rings (SSSR count). The number of ether oxygens (including phenoxy) is 1. The molecule has 2 N–H and O–H groups in total. The minimum atomic E-state index is -0.351. The summed E-state index contributed by atoms with van der Waals surface area (Å²) < 4.78 is 7.73. The molecule has 0 fully saturated rings. The van der Waals surface area contributed by atoms with E-state index in [1.165, 1.54) is 7.11 Å². The molecule has 0 aliphatic carbocycles. The van der Waals surface area contributed by atoms with E-state index in [0.717, 1.165) is 11.5 Å². The molecule has 3 aromatic rings. The predicted molar refractivity (Wildman–Crippen MR) is 67.1 cm³/mol. The Hall–Kier alpha value is -2.08. The van der Waals surface area contributed by atoms with Crippen LogP contribution < -0.4 is 15.7 Å². The topological polar surface area (TPSA) is 75.0 Å². The van der Waals surface area contributed by atoms with Crippen LogP contribution in [0.25, 0.3) is 21.1 Å². The normalized spacial score (nSPS) is 11.1. The van der Waals surface area contributed by atoms with Gasteiger partial charge in [-0.15, -0.1) is 0 Å². The van der Waals surface area contributed by atoms with Crippen molar-refractivity contribution in [1.82, 2.24) is 9.36 Å². The van der Waals surface area contributed by atoms with Gasteiger partial charge in [0.1, 0.15) is 16.0 Å². The lowest BCUT2D eigenvalue weighted by molar-refractivity contribution is 0.419. The van der Waals surface area contributed by atoms with Gasteiger partial charge in [0.15, 0.2) is 0 Å². The molecule has 6 heteroatoms. The SMILES string of the molecule is COc1cccc2c(=O)c3c(=O)[nH]sc3[nH]c12. The van der Waals surface area contributed by atoms with Gasteiger partial charge in [0, 0.05) is 0 Å². The largest absolute Gasteiger partial charge is 0.495 e. The van der Waals surface area contributed by atoms with Crippen molar-refractivity contribution >= 4 is 32.7 Å². The van der Waals surface area contributed by atoms with Crippen molar-refractivity contribution < 1.29 is 4.74 Å². The Bertz CT molecular complexity index is 828. The van der Waals surface area contributed by atoms with Gasteiger partial charge >= 0.3 is 0 Å². The zero-order chi connectivity index (χ0) is 12.0. The zero-order valence-corrected chi connectivity index (χ0v) is 9.68. The molecule has 17 heavy (non-hydrogen) atoms. The van der Waals surface area contributed by atoms with Crippen LogP contribution in [0.3, 0.4) is 0 Å². The molecule has 0 spiro atoms. The predicted octanol–water partition coefficient (Wildman–Crippen LogP) is 1.44. The number of aromatic nitrogens is 2. The smallest absolute Gasteiger partial charge is 0.271 e. The summed E-state index contributed by atoms with van der Waals surface area (Å²) in [4.78, 5) is 27.2. The Morgan fingerprint density at radius 2 is 2.12 bits per heavy atom. The molecule has 0 aliphatic heterocycles. The quantitative estimate of drug-likeness (QED) is 0.684. The van der Waals surface area contributed by atoms with Crippen molar-refractivity contribution in [3.63, 3.8) is 0 Å².